The number of aromatic nitrogens is 2. The first-order valence-corrected chi connectivity index (χ1v) is 6.47. The summed E-state index contributed by atoms with van der Waals surface area (Å²) in [7, 11) is 0. The molecule has 2 unspecified atom stereocenters. The van der Waals surface area contributed by atoms with E-state index in [1.807, 2.05) is 16.9 Å². The Morgan fingerprint density at radius 2 is 2.24 bits per heavy atom. The number of hydrogen-bond acceptors (Lipinski definition) is 3. The van der Waals surface area contributed by atoms with Crippen LogP contribution in [0.2, 0.25) is 0 Å². The third-order valence-corrected chi connectivity index (χ3v) is 2.81. The van der Waals surface area contributed by atoms with E-state index in [2.05, 4.69) is 25.9 Å². The Kier molecular flexibility index (Phi) is 6.22. The second-order valence-electron chi connectivity index (χ2n) is 4.48. The van der Waals surface area contributed by atoms with Crippen molar-refractivity contribution in [3.8, 4) is 0 Å². The van der Waals surface area contributed by atoms with E-state index in [0.717, 1.165) is 18.5 Å². The Morgan fingerprint density at radius 1 is 1.47 bits per heavy atom. The molecule has 0 bridgehead atoms. The summed E-state index contributed by atoms with van der Waals surface area (Å²) in [4.78, 5) is 0. The van der Waals surface area contributed by atoms with Crippen molar-refractivity contribution in [2.75, 3.05) is 13.2 Å². The van der Waals surface area contributed by atoms with Crippen molar-refractivity contribution < 1.29 is 9.84 Å². The van der Waals surface area contributed by atoms with Crippen molar-refractivity contribution in [2.24, 2.45) is 0 Å². The maximum atomic E-state index is 9.76. The maximum absolute atomic E-state index is 9.76. The first-order chi connectivity index (χ1) is 8.17. The molecule has 0 aliphatic rings. The SMILES string of the molecule is CCCOCC(O)Cc1ccn(C(C)CC)n1. The van der Waals surface area contributed by atoms with Crippen LogP contribution in [0.4, 0.5) is 0 Å². The topological polar surface area (TPSA) is 47.3 Å². The summed E-state index contributed by atoms with van der Waals surface area (Å²) in [5, 5.41) is 14.2. The van der Waals surface area contributed by atoms with Gasteiger partial charge in [0.1, 0.15) is 0 Å². The smallest absolute Gasteiger partial charge is 0.0829 e. The van der Waals surface area contributed by atoms with Crippen LogP contribution in [0.15, 0.2) is 12.3 Å². The lowest BCUT2D eigenvalue weighted by Crippen LogP contribution is -2.19. The molecule has 1 N–H and O–H groups in total. The predicted octanol–water partition coefficient (Wildman–Crippen LogP) is 2.18. The lowest BCUT2D eigenvalue weighted by atomic mass is 10.2. The average molecular weight is 240 g/mol. The number of hydrogen-bond donors (Lipinski definition) is 1. The Hall–Kier alpha value is -0.870. The molecule has 2 atom stereocenters. The molecule has 0 amide bonds. The molecule has 4 nitrogen and oxygen atoms in total. The van der Waals surface area contributed by atoms with Gasteiger partial charge in [0.15, 0.2) is 0 Å². The van der Waals surface area contributed by atoms with Crippen LogP contribution in [0.1, 0.15) is 45.3 Å². The number of aliphatic hydroxyl groups excluding tert-OH is 1. The van der Waals surface area contributed by atoms with Crippen LogP contribution < -0.4 is 0 Å². The van der Waals surface area contributed by atoms with E-state index in [1.54, 1.807) is 0 Å². The van der Waals surface area contributed by atoms with Gasteiger partial charge in [-0.2, -0.15) is 5.10 Å². The summed E-state index contributed by atoms with van der Waals surface area (Å²) in [6.45, 7) is 7.43. The van der Waals surface area contributed by atoms with Gasteiger partial charge >= 0.3 is 0 Å². The molecule has 1 heterocycles. The third-order valence-electron chi connectivity index (χ3n) is 2.81. The number of aliphatic hydroxyl groups is 1. The van der Waals surface area contributed by atoms with Crippen LogP contribution in [-0.4, -0.2) is 34.2 Å². The zero-order chi connectivity index (χ0) is 12.7. The van der Waals surface area contributed by atoms with E-state index >= 15 is 0 Å². The Bertz CT molecular complexity index is 312. The Balaban J connectivity index is 2.37. The highest BCUT2D eigenvalue weighted by Gasteiger charge is 2.09. The fourth-order valence-corrected chi connectivity index (χ4v) is 1.58. The van der Waals surface area contributed by atoms with E-state index in [1.165, 1.54) is 0 Å². The van der Waals surface area contributed by atoms with E-state index in [-0.39, 0.29) is 0 Å². The highest BCUT2D eigenvalue weighted by Crippen LogP contribution is 2.10. The molecule has 0 aliphatic heterocycles. The molecule has 98 valence electrons. The van der Waals surface area contributed by atoms with Crippen molar-refractivity contribution in [1.82, 2.24) is 9.78 Å². The normalized spacial score (nSPS) is 14.8. The molecule has 0 spiro atoms. The van der Waals surface area contributed by atoms with Gasteiger partial charge in [0, 0.05) is 25.3 Å². The van der Waals surface area contributed by atoms with E-state index in [0.29, 0.717) is 25.7 Å². The third kappa shape index (κ3) is 4.88. The van der Waals surface area contributed by atoms with Gasteiger partial charge in [-0.1, -0.05) is 13.8 Å². The van der Waals surface area contributed by atoms with Crippen molar-refractivity contribution >= 4 is 0 Å². The van der Waals surface area contributed by atoms with Gasteiger partial charge in [-0.25, -0.2) is 0 Å². The lowest BCUT2D eigenvalue weighted by molar-refractivity contribution is 0.0369. The fourth-order valence-electron chi connectivity index (χ4n) is 1.58. The van der Waals surface area contributed by atoms with Gasteiger partial charge in [0.25, 0.3) is 0 Å². The van der Waals surface area contributed by atoms with Gasteiger partial charge in [-0.15, -0.1) is 0 Å². The largest absolute Gasteiger partial charge is 0.390 e. The van der Waals surface area contributed by atoms with Crippen LogP contribution >= 0.6 is 0 Å². The molecule has 0 saturated carbocycles. The minimum atomic E-state index is -0.457. The quantitative estimate of drug-likeness (QED) is 0.708. The maximum Gasteiger partial charge on any atom is 0.0829 e. The zero-order valence-corrected chi connectivity index (χ0v) is 11.1. The van der Waals surface area contributed by atoms with Gasteiger partial charge in [-0.05, 0) is 25.8 Å². The molecule has 1 rings (SSSR count). The van der Waals surface area contributed by atoms with E-state index in [4.69, 9.17) is 4.74 Å². The van der Waals surface area contributed by atoms with E-state index in [9.17, 15) is 5.11 Å². The molecular formula is C13H24N2O2. The minimum Gasteiger partial charge on any atom is -0.390 e. The molecule has 0 radical (unpaired) electrons. The molecule has 0 aromatic carbocycles. The van der Waals surface area contributed by atoms with Gasteiger partial charge in [-0.3, -0.25) is 4.68 Å². The molecule has 0 aliphatic carbocycles. The highest BCUT2D eigenvalue weighted by atomic mass is 16.5. The number of nitrogens with zero attached hydrogens (tertiary/aromatic N) is 2. The van der Waals surface area contributed by atoms with Crippen molar-refractivity contribution in [2.45, 2.75) is 52.2 Å². The fraction of sp³-hybridized carbons (Fsp3) is 0.769. The van der Waals surface area contributed by atoms with E-state index < -0.39 is 6.10 Å². The minimum absolute atomic E-state index is 0.393. The molecule has 1 aromatic rings. The number of ether oxygens (including phenoxy) is 1. The molecular weight excluding hydrogens is 216 g/mol. The summed E-state index contributed by atoms with van der Waals surface area (Å²) < 4.78 is 7.26. The monoisotopic (exact) mass is 240 g/mol. The molecule has 4 heteroatoms. The summed E-state index contributed by atoms with van der Waals surface area (Å²) in [6, 6.07) is 2.38. The number of rotatable bonds is 8. The molecule has 0 fully saturated rings. The van der Waals surface area contributed by atoms with Crippen LogP contribution in [0, 0.1) is 0 Å². The average Bonchev–Trinajstić information content (AvgIpc) is 2.77. The molecule has 1 aromatic heterocycles. The van der Waals surface area contributed by atoms with Crippen LogP contribution in [0.25, 0.3) is 0 Å². The zero-order valence-electron chi connectivity index (χ0n) is 11.1. The summed E-state index contributed by atoms with van der Waals surface area (Å²) >= 11 is 0. The predicted molar refractivity (Wildman–Crippen MR) is 68.0 cm³/mol. The second kappa shape index (κ2) is 7.45. The Morgan fingerprint density at radius 3 is 2.88 bits per heavy atom. The summed E-state index contributed by atoms with van der Waals surface area (Å²) in [5.74, 6) is 0. The first kappa shape index (κ1) is 14.2. The van der Waals surface area contributed by atoms with Crippen LogP contribution in [0.5, 0.6) is 0 Å². The van der Waals surface area contributed by atoms with Gasteiger partial charge in [0.2, 0.25) is 0 Å². The van der Waals surface area contributed by atoms with Crippen LogP contribution in [-0.2, 0) is 11.2 Å². The van der Waals surface area contributed by atoms with Crippen molar-refractivity contribution in [3.05, 3.63) is 18.0 Å². The lowest BCUT2D eigenvalue weighted by Gasteiger charge is -2.10. The molecule has 17 heavy (non-hydrogen) atoms. The first-order valence-electron chi connectivity index (χ1n) is 6.47. The second-order valence-corrected chi connectivity index (χ2v) is 4.48. The highest BCUT2D eigenvalue weighted by molar-refractivity contribution is 5.01. The van der Waals surface area contributed by atoms with Gasteiger partial charge < -0.3 is 9.84 Å². The Labute approximate surface area is 104 Å². The van der Waals surface area contributed by atoms with Crippen LogP contribution in [0.3, 0.4) is 0 Å². The van der Waals surface area contributed by atoms with Crippen molar-refractivity contribution in [1.29, 1.82) is 0 Å². The summed E-state index contributed by atoms with van der Waals surface area (Å²) in [5.41, 5.74) is 0.929. The molecule has 0 saturated heterocycles. The van der Waals surface area contributed by atoms with Gasteiger partial charge in [0.05, 0.1) is 18.4 Å². The summed E-state index contributed by atoms with van der Waals surface area (Å²) in [6.07, 6.45) is 4.12. The van der Waals surface area contributed by atoms with Crippen molar-refractivity contribution in [3.63, 3.8) is 0 Å². The standard InChI is InChI=1S/C13H24N2O2/c1-4-8-17-10-13(16)9-12-6-7-15(14-12)11(3)5-2/h6-7,11,13,16H,4-5,8-10H2,1-3H3.